The SMILES string of the molecule is C=C(C)C(=O)OCCOC(=O)CCOC. The van der Waals surface area contributed by atoms with E-state index in [4.69, 9.17) is 14.2 Å². The largest absolute Gasteiger partial charge is 0.462 e. The van der Waals surface area contributed by atoms with Crippen LogP contribution in [0.3, 0.4) is 0 Å². The molecule has 0 aliphatic heterocycles. The van der Waals surface area contributed by atoms with Crippen LogP contribution in [0.1, 0.15) is 13.3 Å². The van der Waals surface area contributed by atoms with Crippen molar-refractivity contribution >= 4 is 11.9 Å². The van der Waals surface area contributed by atoms with E-state index >= 15 is 0 Å². The van der Waals surface area contributed by atoms with Gasteiger partial charge in [-0.25, -0.2) is 4.79 Å². The van der Waals surface area contributed by atoms with E-state index in [0.717, 1.165) is 0 Å². The van der Waals surface area contributed by atoms with Crippen LogP contribution >= 0.6 is 0 Å². The molecular formula is C10H16O5. The van der Waals surface area contributed by atoms with Crippen LogP contribution in [0.25, 0.3) is 0 Å². The molecule has 15 heavy (non-hydrogen) atoms. The van der Waals surface area contributed by atoms with Crippen molar-refractivity contribution in [3.05, 3.63) is 12.2 Å². The summed E-state index contributed by atoms with van der Waals surface area (Å²) in [6.45, 7) is 5.39. The summed E-state index contributed by atoms with van der Waals surface area (Å²) in [4.78, 5) is 21.8. The maximum atomic E-state index is 10.9. The molecule has 0 spiro atoms. The van der Waals surface area contributed by atoms with Crippen molar-refractivity contribution in [2.24, 2.45) is 0 Å². The van der Waals surface area contributed by atoms with Crippen LogP contribution in [0, 0.1) is 0 Å². The molecule has 0 heterocycles. The predicted octanol–water partition coefficient (Wildman–Crippen LogP) is 0.685. The third kappa shape index (κ3) is 7.69. The molecule has 0 unspecified atom stereocenters. The van der Waals surface area contributed by atoms with Crippen LogP contribution in [-0.2, 0) is 23.8 Å². The fraction of sp³-hybridized carbons (Fsp3) is 0.600. The fourth-order valence-electron chi connectivity index (χ4n) is 0.671. The van der Waals surface area contributed by atoms with Gasteiger partial charge in [0, 0.05) is 12.7 Å². The number of carbonyl (C=O) groups excluding carboxylic acids is 2. The molecule has 0 aromatic carbocycles. The second-order valence-electron chi connectivity index (χ2n) is 2.88. The molecule has 0 aromatic rings. The molecule has 0 radical (unpaired) electrons. The van der Waals surface area contributed by atoms with Gasteiger partial charge in [0.05, 0.1) is 13.0 Å². The lowest BCUT2D eigenvalue weighted by Gasteiger charge is -2.05. The molecule has 0 bridgehead atoms. The summed E-state index contributed by atoms with van der Waals surface area (Å²) >= 11 is 0. The van der Waals surface area contributed by atoms with E-state index in [9.17, 15) is 9.59 Å². The molecule has 0 amide bonds. The normalized spacial score (nSPS) is 9.47. The number of ether oxygens (including phenoxy) is 3. The standard InChI is InChI=1S/C10H16O5/c1-8(2)10(12)15-7-6-14-9(11)4-5-13-3/h1,4-7H2,2-3H3. The topological polar surface area (TPSA) is 61.8 Å². The number of hydrogen-bond acceptors (Lipinski definition) is 5. The van der Waals surface area contributed by atoms with Crippen molar-refractivity contribution in [1.29, 1.82) is 0 Å². The molecule has 0 aliphatic rings. The number of esters is 2. The van der Waals surface area contributed by atoms with Crippen LogP contribution in [0.5, 0.6) is 0 Å². The Labute approximate surface area is 89.0 Å². The van der Waals surface area contributed by atoms with Crippen LogP contribution < -0.4 is 0 Å². The van der Waals surface area contributed by atoms with E-state index < -0.39 is 5.97 Å². The quantitative estimate of drug-likeness (QED) is 0.356. The summed E-state index contributed by atoms with van der Waals surface area (Å²) in [5.74, 6) is -0.855. The van der Waals surface area contributed by atoms with Crippen LogP contribution in [0.2, 0.25) is 0 Å². The number of carbonyl (C=O) groups is 2. The van der Waals surface area contributed by atoms with E-state index in [1.165, 1.54) is 7.11 Å². The Balaban J connectivity index is 3.42. The minimum atomic E-state index is -0.483. The zero-order valence-electron chi connectivity index (χ0n) is 9.08. The summed E-state index contributed by atoms with van der Waals surface area (Å²) in [6, 6.07) is 0. The highest BCUT2D eigenvalue weighted by Crippen LogP contribution is 1.92. The number of hydrogen-bond donors (Lipinski definition) is 0. The molecule has 0 aromatic heterocycles. The van der Waals surface area contributed by atoms with E-state index in [-0.39, 0.29) is 25.6 Å². The van der Waals surface area contributed by atoms with Crippen molar-refractivity contribution in [2.45, 2.75) is 13.3 Å². The fourth-order valence-corrected chi connectivity index (χ4v) is 0.671. The van der Waals surface area contributed by atoms with Gasteiger partial charge in [0.25, 0.3) is 0 Å². The maximum Gasteiger partial charge on any atom is 0.333 e. The van der Waals surface area contributed by atoms with Gasteiger partial charge in [-0.3, -0.25) is 4.79 Å². The van der Waals surface area contributed by atoms with Crippen LogP contribution in [0.4, 0.5) is 0 Å². The van der Waals surface area contributed by atoms with Gasteiger partial charge in [0.15, 0.2) is 0 Å². The first-order valence-electron chi connectivity index (χ1n) is 4.55. The van der Waals surface area contributed by atoms with Gasteiger partial charge in [-0.2, -0.15) is 0 Å². The Bertz CT molecular complexity index is 234. The first-order chi connectivity index (χ1) is 7.07. The minimum Gasteiger partial charge on any atom is -0.462 e. The average molecular weight is 216 g/mol. The summed E-state index contributed by atoms with van der Waals surface area (Å²) in [7, 11) is 1.50. The van der Waals surface area contributed by atoms with E-state index in [0.29, 0.717) is 12.2 Å². The lowest BCUT2D eigenvalue weighted by Crippen LogP contribution is -2.15. The Morgan fingerprint density at radius 1 is 1.13 bits per heavy atom. The second-order valence-corrected chi connectivity index (χ2v) is 2.88. The molecule has 86 valence electrons. The molecule has 0 aliphatic carbocycles. The van der Waals surface area contributed by atoms with Gasteiger partial charge in [-0.05, 0) is 6.92 Å². The first kappa shape index (κ1) is 13.6. The number of methoxy groups -OCH3 is 1. The number of rotatable bonds is 7. The highest BCUT2D eigenvalue weighted by atomic mass is 16.6. The minimum absolute atomic E-state index is 0.0460. The molecule has 0 rings (SSSR count). The van der Waals surface area contributed by atoms with Gasteiger partial charge in [-0.15, -0.1) is 0 Å². The Hall–Kier alpha value is -1.36. The highest BCUT2D eigenvalue weighted by Gasteiger charge is 2.04. The summed E-state index contributed by atoms with van der Waals surface area (Å²) in [5, 5.41) is 0. The Morgan fingerprint density at radius 3 is 2.27 bits per heavy atom. The summed E-state index contributed by atoms with van der Waals surface area (Å²) < 4.78 is 14.2. The smallest absolute Gasteiger partial charge is 0.333 e. The van der Waals surface area contributed by atoms with E-state index in [1.807, 2.05) is 0 Å². The molecule has 0 atom stereocenters. The maximum absolute atomic E-state index is 10.9. The molecule has 0 saturated carbocycles. The average Bonchev–Trinajstić information content (AvgIpc) is 2.20. The van der Waals surface area contributed by atoms with Crippen molar-refractivity contribution in [3.8, 4) is 0 Å². The zero-order valence-corrected chi connectivity index (χ0v) is 9.08. The van der Waals surface area contributed by atoms with Gasteiger partial charge in [0.1, 0.15) is 13.2 Å². The lowest BCUT2D eigenvalue weighted by atomic mass is 10.4. The first-order valence-corrected chi connectivity index (χ1v) is 4.55. The molecular weight excluding hydrogens is 200 g/mol. The summed E-state index contributed by atoms with van der Waals surface area (Å²) in [5.41, 5.74) is 0.320. The van der Waals surface area contributed by atoms with Gasteiger partial charge < -0.3 is 14.2 Å². The molecule has 0 fully saturated rings. The van der Waals surface area contributed by atoms with Gasteiger partial charge in [0.2, 0.25) is 0 Å². The lowest BCUT2D eigenvalue weighted by molar-refractivity contribution is -0.150. The highest BCUT2D eigenvalue weighted by molar-refractivity contribution is 5.86. The summed E-state index contributed by atoms with van der Waals surface area (Å²) in [6.07, 6.45) is 0.199. The predicted molar refractivity (Wildman–Crippen MR) is 53.2 cm³/mol. The van der Waals surface area contributed by atoms with Crippen LogP contribution in [0.15, 0.2) is 12.2 Å². The molecule has 0 N–H and O–H groups in total. The third-order valence-electron chi connectivity index (χ3n) is 1.44. The Morgan fingerprint density at radius 2 is 1.73 bits per heavy atom. The Kier molecular flexibility index (Phi) is 7.27. The monoisotopic (exact) mass is 216 g/mol. The van der Waals surface area contributed by atoms with Crippen molar-refractivity contribution < 1.29 is 23.8 Å². The molecule has 0 saturated heterocycles. The molecule has 5 nitrogen and oxygen atoms in total. The van der Waals surface area contributed by atoms with E-state index in [1.54, 1.807) is 6.92 Å². The zero-order chi connectivity index (χ0) is 11.7. The van der Waals surface area contributed by atoms with Crippen molar-refractivity contribution in [3.63, 3.8) is 0 Å². The van der Waals surface area contributed by atoms with Crippen molar-refractivity contribution in [2.75, 3.05) is 26.9 Å². The van der Waals surface area contributed by atoms with Gasteiger partial charge in [-0.1, -0.05) is 6.58 Å². The second kappa shape index (κ2) is 7.99. The van der Waals surface area contributed by atoms with Crippen molar-refractivity contribution in [1.82, 2.24) is 0 Å². The van der Waals surface area contributed by atoms with Gasteiger partial charge >= 0.3 is 11.9 Å². The third-order valence-corrected chi connectivity index (χ3v) is 1.44. The molecule has 5 heteroatoms. The van der Waals surface area contributed by atoms with Crippen LogP contribution in [-0.4, -0.2) is 38.9 Å². The van der Waals surface area contributed by atoms with E-state index in [2.05, 4.69) is 6.58 Å².